The zero-order chi connectivity index (χ0) is 12.3. The standard InChI is InChI=1S/C16H24/c1-7-8-9-15-12(2)10-14(11-13(15)3)16(4,5)6/h8-11H,7H2,1-6H3/b9-8-. The quantitative estimate of drug-likeness (QED) is 0.651. The van der Waals surface area contributed by atoms with Gasteiger partial charge in [-0.05, 0) is 47.9 Å². The molecular weight excluding hydrogens is 192 g/mol. The van der Waals surface area contributed by atoms with Gasteiger partial charge in [-0.2, -0.15) is 0 Å². The lowest BCUT2D eigenvalue weighted by atomic mass is 9.84. The van der Waals surface area contributed by atoms with E-state index in [1.165, 1.54) is 22.3 Å². The lowest BCUT2D eigenvalue weighted by molar-refractivity contribution is 0.589. The molecule has 0 spiro atoms. The summed E-state index contributed by atoms with van der Waals surface area (Å²) < 4.78 is 0. The molecule has 0 nitrogen and oxygen atoms in total. The number of rotatable bonds is 2. The Morgan fingerprint density at radius 3 is 1.94 bits per heavy atom. The highest BCUT2D eigenvalue weighted by atomic mass is 14.2. The topological polar surface area (TPSA) is 0 Å². The molecule has 0 aliphatic carbocycles. The van der Waals surface area contributed by atoms with Crippen LogP contribution in [-0.2, 0) is 5.41 Å². The van der Waals surface area contributed by atoms with Crippen LogP contribution < -0.4 is 0 Å². The third-order valence-electron chi connectivity index (χ3n) is 2.98. The van der Waals surface area contributed by atoms with Crippen molar-refractivity contribution >= 4 is 6.08 Å². The smallest absolute Gasteiger partial charge is 0.0132 e. The van der Waals surface area contributed by atoms with Crippen LogP contribution >= 0.6 is 0 Å². The molecule has 16 heavy (non-hydrogen) atoms. The van der Waals surface area contributed by atoms with Crippen molar-refractivity contribution in [1.82, 2.24) is 0 Å². The molecule has 0 heterocycles. The van der Waals surface area contributed by atoms with Gasteiger partial charge in [0.1, 0.15) is 0 Å². The molecule has 0 aliphatic heterocycles. The molecule has 1 aromatic carbocycles. The van der Waals surface area contributed by atoms with Crippen LogP contribution in [0.3, 0.4) is 0 Å². The molecule has 0 N–H and O–H groups in total. The fourth-order valence-electron chi connectivity index (χ4n) is 1.91. The van der Waals surface area contributed by atoms with Gasteiger partial charge in [0.15, 0.2) is 0 Å². The Balaban J connectivity index is 3.23. The summed E-state index contributed by atoms with van der Waals surface area (Å²) in [5.41, 5.74) is 5.82. The number of hydrogen-bond donors (Lipinski definition) is 0. The maximum atomic E-state index is 2.32. The zero-order valence-corrected chi connectivity index (χ0v) is 11.5. The second-order valence-electron chi connectivity index (χ2n) is 5.58. The minimum absolute atomic E-state index is 0.239. The van der Waals surface area contributed by atoms with Gasteiger partial charge < -0.3 is 0 Å². The van der Waals surface area contributed by atoms with Gasteiger partial charge in [0.25, 0.3) is 0 Å². The van der Waals surface area contributed by atoms with E-state index in [0.29, 0.717) is 0 Å². The highest BCUT2D eigenvalue weighted by Gasteiger charge is 2.15. The van der Waals surface area contributed by atoms with Gasteiger partial charge in [-0.1, -0.05) is 52.0 Å². The predicted molar refractivity (Wildman–Crippen MR) is 73.9 cm³/mol. The summed E-state index contributed by atoms with van der Waals surface area (Å²) in [4.78, 5) is 0. The Kier molecular flexibility index (Phi) is 3.96. The van der Waals surface area contributed by atoms with Crippen molar-refractivity contribution in [2.75, 3.05) is 0 Å². The summed E-state index contributed by atoms with van der Waals surface area (Å²) in [5, 5.41) is 0. The Bertz CT molecular complexity index is 366. The number of allylic oxidation sites excluding steroid dienone is 1. The molecule has 0 amide bonds. The maximum absolute atomic E-state index is 2.32. The third kappa shape index (κ3) is 2.98. The van der Waals surface area contributed by atoms with Crippen LogP contribution in [0.15, 0.2) is 18.2 Å². The Morgan fingerprint density at radius 1 is 1.06 bits per heavy atom. The van der Waals surface area contributed by atoms with Crippen molar-refractivity contribution in [1.29, 1.82) is 0 Å². The lowest BCUT2D eigenvalue weighted by Gasteiger charge is -2.21. The van der Waals surface area contributed by atoms with Crippen molar-refractivity contribution in [2.24, 2.45) is 0 Å². The molecular formula is C16H24. The van der Waals surface area contributed by atoms with E-state index in [4.69, 9.17) is 0 Å². The first kappa shape index (κ1) is 13.0. The summed E-state index contributed by atoms with van der Waals surface area (Å²) >= 11 is 0. The zero-order valence-electron chi connectivity index (χ0n) is 11.5. The van der Waals surface area contributed by atoms with Crippen molar-refractivity contribution in [3.8, 4) is 0 Å². The minimum Gasteiger partial charge on any atom is -0.0842 e. The van der Waals surface area contributed by atoms with Gasteiger partial charge in [-0.15, -0.1) is 0 Å². The lowest BCUT2D eigenvalue weighted by Crippen LogP contribution is -2.12. The predicted octanol–water partition coefficient (Wildman–Crippen LogP) is 5.02. The summed E-state index contributed by atoms with van der Waals surface area (Å²) in [6.45, 7) is 13.4. The Hall–Kier alpha value is -1.04. The molecule has 0 aliphatic rings. The largest absolute Gasteiger partial charge is 0.0842 e. The number of aryl methyl sites for hydroxylation is 2. The van der Waals surface area contributed by atoms with Crippen molar-refractivity contribution in [3.05, 3.63) is 40.5 Å². The van der Waals surface area contributed by atoms with Crippen molar-refractivity contribution in [2.45, 2.75) is 53.4 Å². The highest BCUT2D eigenvalue weighted by Crippen LogP contribution is 2.27. The molecule has 88 valence electrons. The third-order valence-corrected chi connectivity index (χ3v) is 2.98. The van der Waals surface area contributed by atoms with Gasteiger partial charge in [-0.25, -0.2) is 0 Å². The molecule has 0 bridgehead atoms. The van der Waals surface area contributed by atoms with Crippen molar-refractivity contribution in [3.63, 3.8) is 0 Å². The molecule has 0 fully saturated rings. The first-order valence-corrected chi connectivity index (χ1v) is 6.14. The Labute approximate surface area is 100 Å². The van der Waals surface area contributed by atoms with E-state index in [2.05, 4.69) is 65.8 Å². The first-order chi connectivity index (χ1) is 7.36. The SMILES string of the molecule is CC/C=C\c1c(C)cc(C(C)(C)C)cc1C. The fourth-order valence-corrected chi connectivity index (χ4v) is 1.91. The second-order valence-corrected chi connectivity index (χ2v) is 5.58. The fraction of sp³-hybridized carbons (Fsp3) is 0.500. The molecule has 0 radical (unpaired) electrons. The van der Waals surface area contributed by atoms with Gasteiger partial charge in [0.2, 0.25) is 0 Å². The summed E-state index contributed by atoms with van der Waals surface area (Å²) in [5.74, 6) is 0. The van der Waals surface area contributed by atoms with Gasteiger partial charge in [0.05, 0.1) is 0 Å². The first-order valence-electron chi connectivity index (χ1n) is 6.14. The molecule has 0 saturated carbocycles. The maximum Gasteiger partial charge on any atom is -0.0132 e. The van der Waals surface area contributed by atoms with Gasteiger partial charge >= 0.3 is 0 Å². The normalized spacial score (nSPS) is 12.4. The van der Waals surface area contributed by atoms with Gasteiger partial charge in [-0.3, -0.25) is 0 Å². The Morgan fingerprint density at radius 2 is 1.56 bits per heavy atom. The van der Waals surface area contributed by atoms with E-state index in [1.54, 1.807) is 0 Å². The van der Waals surface area contributed by atoms with E-state index in [-0.39, 0.29) is 5.41 Å². The molecule has 0 unspecified atom stereocenters. The molecule has 0 heteroatoms. The van der Waals surface area contributed by atoms with E-state index < -0.39 is 0 Å². The van der Waals surface area contributed by atoms with Crippen LogP contribution in [0.4, 0.5) is 0 Å². The number of hydrogen-bond acceptors (Lipinski definition) is 0. The van der Waals surface area contributed by atoms with E-state index >= 15 is 0 Å². The van der Waals surface area contributed by atoms with Crippen LogP contribution in [-0.4, -0.2) is 0 Å². The van der Waals surface area contributed by atoms with Crippen LogP contribution in [0.25, 0.3) is 6.08 Å². The van der Waals surface area contributed by atoms with E-state index in [0.717, 1.165) is 6.42 Å². The van der Waals surface area contributed by atoms with Crippen molar-refractivity contribution < 1.29 is 0 Å². The average molecular weight is 216 g/mol. The summed E-state index contributed by atoms with van der Waals surface area (Å²) in [6, 6.07) is 4.64. The van der Waals surface area contributed by atoms with Crippen LogP contribution in [0.5, 0.6) is 0 Å². The van der Waals surface area contributed by atoms with Crippen LogP contribution in [0, 0.1) is 13.8 Å². The molecule has 0 saturated heterocycles. The van der Waals surface area contributed by atoms with Crippen LogP contribution in [0.1, 0.15) is 56.4 Å². The summed E-state index contributed by atoms with van der Waals surface area (Å²) in [7, 11) is 0. The van der Waals surface area contributed by atoms with Gasteiger partial charge in [0, 0.05) is 0 Å². The monoisotopic (exact) mass is 216 g/mol. The molecule has 0 atom stereocenters. The average Bonchev–Trinajstić information content (AvgIpc) is 2.15. The highest BCUT2D eigenvalue weighted by molar-refractivity contribution is 5.59. The van der Waals surface area contributed by atoms with E-state index in [9.17, 15) is 0 Å². The summed E-state index contributed by atoms with van der Waals surface area (Å²) in [6.07, 6.45) is 5.57. The molecule has 0 aromatic heterocycles. The molecule has 1 rings (SSSR count). The second kappa shape index (κ2) is 4.86. The number of benzene rings is 1. The van der Waals surface area contributed by atoms with Crippen LogP contribution in [0.2, 0.25) is 0 Å². The molecule has 1 aromatic rings. The minimum atomic E-state index is 0.239. The van der Waals surface area contributed by atoms with E-state index in [1.807, 2.05) is 0 Å².